The van der Waals surface area contributed by atoms with E-state index < -0.39 is 0 Å². The van der Waals surface area contributed by atoms with E-state index in [1.54, 1.807) is 0 Å². The zero-order chi connectivity index (χ0) is 13.9. The summed E-state index contributed by atoms with van der Waals surface area (Å²) >= 11 is 8.18. The standard InChI is InChI=1S/C15H16ClN3S/c1-11-10-19(7-8-20-11)14-9-13(16)17-15(18-14)12-5-3-2-4-6-12/h2-6,9,11H,7-8,10H2,1H3. The largest absolute Gasteiger partial charge is 0.355 e. The number of thioether (sulfide) groups is 1. The maximum atomic E-state index is 6.17. The summed E-state index contributed by atoms with van der Waals surface area (Å²) < 4.78 is 0. The molecule has 0 amide bonds. The van der Waals surface area contributed by atoms with E-state index in [0.29, 0.717) is 16.2 Å². The molecular weight excluding hydrogens is 290 g/mol. The smallest absolute Gasteiger partial charge is 0.163 e. The number of aromatic nitrogens is 2. The molecule has 20 heavy (non-hydrogen) atoms. The Morgan fingerprint density at radius 2 is 2.05 bits per heavy atom. The van der Waals surface area contributed by atoms with Crippen LogP contribution in [0.15, 0.2) is 36.4 Å². The zero-order valence-electron chi connectivity index (χ0n) is 11.3. The van der Waals surface area contributed by atoms with Crippen LogP contribution < -0.4 is 4.90 Å². The van der Waals surface area contributed by atoms with Crippen LogP contribution in [0.25, 0.3) is 11.4 Å². The molecule has 0 spiro atoms. The molecule has 1 fully saturated rings. The van der Waals surface area contributed by atoms with Crippen molar-refractivity contribution in [3.63, 3.8) is 0 Å². The van der Waals surface area contributed by atoms with Gasteiger partial charge in [-0.2, -0.15) is 11.8 Å². The van der Waals surface area contributed by atoms with Gasteiger partial charge in [-0.3, -0.25) is 0 Å². The molecule has 0 bridgehead atoms. The second-order valence-corrected chi connectivity index (χ2v) is 6.80. The lowest BCUT2D eigenvalue weighted by Crippen LogP contribution is -2.37. The van der Waals surface area contributed by atoms with Crippen molar-refractivity contribution in [2.75, 3.05) is 23.7 Å². The molecule has 1 aromatic heterocycles. The van der Waals surface area contributed by atoms with Crippen LogP contribution in [0.5, 0.6) is 0 Å². The normalized spacial score (nSPS) is 19.1. The van der Waals surface area contributed by atoms with Gasteiger partial charge < -0.3 is 4.90 Å². The molecule has 1 atom stereocenters. The van der Waals surface area contributed by atoms with Crippen LogP contribution in [-0.4, -0.2) is 34.1 Å². The lowest BCUT2D eigenvalue weighted by molar-refractivity contribution is 0.769. The maximum absolute atomic E-state index is 6.17. The Hall–Kier alpha value is -1.26. The third kappa shape index (κ3) is 3.07. The first-order valence-electron chi connectivity index (χ1n) is 6.69. The Bertz CT molecular complexity index is 591. The number of rotatable bonds is 2. The van der Waals surface area contributed by atoms with Crippen molar-refractivity contribution in [2.24, 2.45) is 0 Å². The molecule has 2 aromatic rings. The average molecular weight is 306 g/mol. The Morgan fingerprint density at radius 1 is 1.25 bits per heavy atom. The summed E-state index contributed by atoms with van der Waals surface area (Å²) in [7, 11) is 0. The van der Waals surface area contributed by atoms with E-state index in [2.05, 4.69) is 21.8 Å². The van der Waals surface area contributed by atoms with E-state index >= 15 is 0 Å². The Kier molecular flexibility index (Phi) is 4.13. The zero-order valence-corrected chi connectivity index (χ0v) is 12.9. The SMILES string of the molecule is CC1CN(c2cc(Cl)nc(-c3ccccc3)n2)CCS1. The van der Waals surface area contributed by atoms with Gasteiger partial charge in [0.15, 0.2) is 5.82 Å². The number of benzene rings is 1. The van der Waals surface area contributed by atoms with Crippen molar-refractivity contribution < 1.29 is 0 Å². The van der Waals surface area contributed by atoms with Gasteiger partial charge in [0.25, 0.3) is 0 Å². The Balaban J connectivity index is 1.94. The van der Waals surface area contributed by atoms with E-state index in [0.717, 1.165) is 30.2 Å². The van der Waals surface area contributed by atoms with Crippen molar-refractivity contribution in [3.8, 4) is 11.4 Å². The topological polar surface area (TPSA) is 29.0 Å². The highest BCUT2D eigenvalue weighted by Gasteiger charge is 2.19. The number of hydrogen-bond acceptors (Lipinski definition) is 4. The predicted molar refractivity (Wildman–Crippen MR) is 86.6 cm³/mol. The van der Waals surface area contributed by atoms with Gasteiger partial charge in [-0.05, 0) is 0 Å². The summed E-state index contributed by atoms with van der Waals surface area (Å²) in [5.41, 5.74) is 0.996. The van der Waals surface area contributed by atoms with E-state index in [9.17, 15) is 0 Å². The minimum Gasteiger partial charge on any atom is -0.355 e. The summed E-state index contributed by atoms with van der Waals surface area (Å²) in [6.45, 7) is 4.26. The quantitative estimate of drug-likeness (QED) is 0.790. The fourth-order valence-electron chi connectivity index (χ4n) is 2.31. The van der Waals surface area contributed by atoms with Crippen molar-refractivity contribution in [2.45, 2.75) is 12.2 Å². The molecule has 0 radical (unpaired) electrons. The van der Waals surface area contributed by atoms with E-state index in [1.807, 2.05) is 48.2 Å². The Labute approximate surface area is 128 Å². The highest BCUT2D eigenvalue weighted by molar-refractivity contribution is 8.00. The molecule has 1 saturated heterocycles. The van der Waals surface area contributed by atoms with Gasteiger partial charge in [-0.25, -0.2) is 9.97 Å². The first-order valence-corrected chi connectivity index (χ1v) is 8.11. The van der Waals surface area contributed by atoms with E-state index in [-0.39, 0.29) is 0 Å². The van der Waals surface area contributed by atoms with Crippen molar-refractivity contribution in [1.82, 2.24) is 9.97 Å². The second-order valence-electron chi connectivity index (χ2n) is 4.87. The molecule has 3 nitrogen and oxygen atoms in total. The highest BCUT2D eigenvalue weighted by atomic mass is 35.5. The van der Waals surface area contributed by atoms with Gasteiger partial charge in [0, 0.05) is 35.7 Å². The molecule has 3 rings (SSSR count). The van der Waals surface area contributed by atoms with Gasteiger partial charge in [0.05, 0.1) is 0 Å². The van der Waals surface area contributed by atoms with Gasteiger partial charge in [0.1, 0.15) is 11.0 Å². The van der Waals surface area contributed by atoms with Crippen LogP contribution >= 0.6 is 23.4 Å². The van der Waals surface area contributed by atoms with Crippen LogP contribution in [0.4, 0.5) is 5.82 Å². The maximum Gasteiger partial charge on any atom is 0.163 e. The monoisotopic (exact) mass is 305 g/mol. The van der Waals surface area contributed by atoms with Crippen molar-refractivity contribution in [1.29, 1.82) is 0 Å². The summed E-state index contributed by atoms with van der Waals surface area (Å²) in [6, 6.07) is 11.8. The van der Waals surface area contributed by atoms with Crippen molar-refractivity contribution >= 4 is 29.2 Å². The molecule has 1 aliphatic heterocycles. The fraction of sp³-hybridized carbons (Fsp3) is 0.333. The molecule has 5 heteroatoms. The molecule has 1 unspecified atom stereocenters. The first kappa shape index (κ1) is 13.7. The molecular formula is C15H16ClN3S. The summed E-state index contributed by atoms with van der Waals surface area (Å²) in [4.78, 5) is 11.3. The number of halogens is 1. The molecule has 1 aliphatic rings. The van der Waals surface area contributed by atoms with E-state index in [1.165, 1.54) is 0 Å². The third-order valence-electron chi connectivity index (χ3n) is 3.28. The number of hydrogen-bond donors (Lipinski definition) is 0. The van der Waals surface area contributed by atoms with Crippen LogP contribution in [0.1, 0.15) is 6.92 Å². The van der Waals surface area contributed by atoms with Gasteiger partial charge in [-0.1, -0.05) is 48.9 Å². The van der Waals surface area contributed by atoms with Gasteiger partial charge in [-0.15, -0.1) is 0 Å². The van der Waals surface area contributed by atoms with E-state index in [4.69, 9.17) is 11.6 Å². The third-order valence-corrected chi connectivity index (χ3v) is 4.61. The Morgan fingerprint density at radius 3 is 2.80 bits per heavy atom. The van der Waals surface area contributed by atoms with Crippen LogP contribution in [0, 0.1) is 0 Å². The average Bonchev–Trinajstić information content (AvgIpc) is 2.47. The summed E-state index contributed by atoms with van der Waals surface area (Å²) in [5, 5.41) is 1.12. The highest BCUT2D eigenvalue weighted by Crippen LogP contribution is 2.26. The number of anilines is 1. The fourth-order valence-corrected chi connectivity index (χ4v) is 3.50. The molecule has 0 saturated carbocycles. The predicted octanol–water partition coefficient (Wildman–Crippen LogP) is 3.74. The lowest BCUT2D eigenvalue weighted by atomic mass is 10.2. The lowest BCUT2D eigenvalue weighted by Gasteiger charge is -2.31. The van der Waals surface area contributed by atoms with Crippen molar-refractivity contribution in [3.05, 3.63) is 41.6 Å². The van der Waals surface area contributed by atoms with Gasteiger partial charge >= 0.3 is 0 Å². The molecule has 0 aliphatic carbocycles. The number of nitrogens with zero attached hydrogens (tertiary/aromatic N) is 3. The minimum atomic E-state index is 0.500. The van der Waals surface area contributed by atoms with Gasteiger partial charge in [0.2, 0.25) is 0 Å². The first-order chi connectivity index (χ1) is 9.72. The molecule has 104 valence electrons. The minimum absolute atomic E-state index is 0.500. The van der Waals surface area contributed by atoms with Crippen LogP contribution in [0.3, 0.4) is 0 Å². The molecule has 0 N–H and O–H groups in total. The summed E-state index contributed by atoms with van der Waals surface area (Å²) in [5.74, 6) is 2.75. The molecule has 2 heterocycles. The van der Waals surface area contributed by atoms with Crippen LogP contribution in [-0.2, 0) is 0 Å². The second kappa shape index (κ2) is 6.02. The summed E-state index contributed by atoms with van der Waals surface area (Å²) in [6.07, 6.45) is 0. The molecule has 1 aromatic carbocycles. The van der Waals surface area contributed by atoms with Crippen LogP contribution in [0.2, 0.25) is 5.15 Å².